The smallest absolute Gasteiger partial charge is 0.355 e. The zero-order chi connectivity index (χ0) is 14.9. The summed E-state index contributed by atoms with van der Waals surface area (Å²) in [6.07, 6.45) is -0.916. The van der Waals surface area contributed by atoms with Crippen molar-refractivity contribution < 1.29 is 13.2 Å². The molecule has 2 aromatic rings. The Balaban J connectivity index is 2.46. The quantitative estimate of drug-likeness (QED) is 0.933. The van der Waals surface area contributed by atoms with Gasteiger partial charge in [0.1, 0.15) is 5.52 Å². The fourth-order valence-electron chi connectivity index (χ4n) is 1.96. The minimum atomic E-state index is -4.47. The number of halogens is 3. The number of nitrogens with two attached hydrogens (primary N) is 1. The van der Waals surface area contributed by atoms with Crippen molar-refractivity contribution in [3.63, 3.8) is 0 Å². The number of nitrogens with zero attached hydrogens (tertiary/aromatic N) is 4. The van der Waals surface area contributed by atoms with E-state index in [0.717, 1.165) is 12.5 Å². The molecule has 8 heteroatoms. The number of aromatic nitrogens is 3. The van der Waals surface area contributed by atoms with Crippen molar-refractivity contribution in [1.82, 2.24) is 14.6 Å². The molecule has 2 heterocycles. The molecule has 110 valence electrons. The third-order valence-corrected chi connectivity index (χ3v) is 3.24. The summed E-state index contributed by atoms with van der Waals surface area (Å²) >= 11 is 0. The summed E-state index contributed by atoms with van der Waals surface area (Å²) in [7, 11) is 1.78. The van der Waals surface area contributed by atoms with Crippen molar-refractivity contribution in [2.75, 3.05) is 18.5 Å². The van der Waals surface area contributed by atoms with Crippen LogP contribution in [-0.2, 0) is 6.18 Å². The summed E-state index contributed by atoms with van der Waals surface area (Å²) in [5, 5.41) is 3.53. The van der Waals surface area contributed by atoms with E-state index in [4.69, 9.17) is 5.73 Å². The second-order valence-electron chi connectivity index (χ2n) is 4.65. The molecule has 1 atom stereocenters. The van der Waals surface area contributed by atoms with Gasteiger partial charge in [-0.15, -0.1) is 0 Å². The Kier molecular flexibility index (Phi) is 3.85. The summed E-state index contributed by atoms with van der Waals surface area (Å²) in [6, 6.07) is 1.08. The van der Waals surface area contributed by atoms with Crippen LogP contribution in [0.1, 0.15) is 19.0 Å². The molecule has 0 radical (unpaired) electrons. The van der Waals surface area contributed by atoms with Crippen molar-refractivity contribution in [2.24, 2.45) is 5.73 Å². The summed E-state index contributed by atoms with van der Waals surface area (Å²) in [5.41, 5.74) is 4.91. The van der Waals surface area contributed by atoms with Crippen molar-refractivity contribution in [2.45, 2.75) is 25.6 Å². The van der Waals surface area contributed by atoms with Crippen molar-refractivity contribution in [3.05, 3.63) is 24.2 Å². The molecule has 0 aliphatic heterocycles. The molecule has 5 nitrogen and oxygen atoms in total. The predicted molar refractivity (Wildman–Crippen MR) is 69.5 cm³/mol. The van der Waals surface area contributed by atoms with Gasteiger partial charge >= 0.3 is 6.18 Å². The molecule has 2 aromatic heterocycles. The Morgan fingerprint density at radius 3 is 2.75 bits per heavy atom. The number of rotatable bonds is 4. The van der Waals surface area contributed by atoms with E-state index in [9.17, 15) is 13.2 Å². The predicted octanol–water partition coefficient (Wildman–Crippen LogP) is 1.92. The van der Waals surface area contributed by atoms with Crippen LogP contribution >= 0.6 is 0 Å². The zero-order valence-electron chi connectivity index (χ0n) is 11.2. The van der Waals surface area contributed by atoms with E-state index in [0.29, 0.717) is 17.9 Å². The van der Waals surface area contributed by atoms with Gasteiger partial charge in [-0.1, -0.05) is 0 Å². The largest absolute Gasteiger partial charge is 0.435 e. The summed E-state index contributed by atoms with van der Waals surface area (Å²) in [4.78, 5) is 5.97. The molecule has 0 fully saturated rings. The van der Waals surface area contributed by atoms with Gasteiger partial charge in [0.25, 0.3) is 0 Å². The summed E-state index contributed by atoms with van der Waals surface area (Å²) in [5.74, 6) is 0.455. The minimum Gasteiger partial charge on any atom is -0.355 e. The van der Waals surface area contributed by atoms with Gasteiger partial charge in [-0.05, 0) is 19.9 Å². The van der Waals surface area contributed by atoms with Gasteiger partial charge in [-0.25, -0.2) is 9.50 Å². The fraction of sp³-hybridized carbons (Fsp3) is 0.500. The first-order valence-corrected chi connectivity index (χ1v) is 6.19. The van der Waals surface area contributed by atoms with Gasteiger partial charge < -0.3 is 10.6 Å². The molecular weight excluding hydrogens is 271 g/mol. The minimum absolute atomic E-state index is 0.0722. The van der Waals surface area contributed by atoms with Crippen LogP contribution in [0, 0.1) is 0 Å². The lowest BCUT2D eigenvalue weighted by Crippen LogP contribution is -2.31. The van der Waals surface area contributed by atoms with Gasteiger partial charge in [0, 0.05) is 31.5 Å². The van der Waals surface area contributed by atoms with Crippen LogP contribution in [0.4, 0.5) is 19.0 Å². The standard InChI is InChI=1S/C12H16F3N5/c1-8(3-4-16)19(2)11-9-7-10(12(13,14)15)18-20(9)6-5-17-11/h5-8H,3-4,16H2,1-2H3. The van der Waals surface area contributed by atoms with E-state index in [2.05, 4.69) is 10.1 Å². The van der Waals surface area contributed by atoms with E-state index in [-0.39, 0.29) is 6.04 Å². The second kappa shape index (κ2) is 5.28. The molecule has 20 heavy (non-hydrogen) atoms. The van der Waals surface area contributed by atoms with E-state index >= 15 is 0 Å². The summed E-state index contributed by atoms with van der Waals surface area (Å²) < 4.78 is 39.3. The van der Waals surface area contributed by atoms with Crippen LogP contribution in [0.2, 0.25) is 0 Å². The van der Waals surface area contributed by atoms with E-state index in [1.54, 1.807) is 7.05 Å². The SMILES string of the molecule is CC(CCN)N(C)c1nccn2nc(C(F)(F)F)cc12. The highest BCUT2D eigenvalue weighted by Gasteiger charge is 2.34. The molecule has 0 saturated heterocycles. The number of hydrogen-bond donors (Lipinski definition) is 1. The molecule has 0 amide bonds. The number of alkyl halides is 3. The lowest BCUT2D eigenvalue weighted by molar-refractivity contribution is -0.141. The van der Waals surface area contributed by atoms with Crippen LogP contribution in [-0.4, -0.2) is 34.2 Å². The van der Waals surface area contributed by atoms with E-state index in [1.807, 2.05) is 11.8 Å². The second-order valence-corrected chi connectivity index (χ2v) is 4.65. The molecule has 0 saturated carbocycles. The lowest BCUT2D eigenvalue weighted by atomic mass is 10.2. The highest BCUT2D eigenvalue weighted by molar-refractivity contribution is 5.69. The van der Waals surface area contributed by atoms with Crippen molar-refractivity contribution >= 4 is 11.3 Å². The lowest BCUT2D eigenvalue weighted by Gasteiger charge is -2.25. The van der Waals surface area contributed by atoms with Gasteiger partial charge in [0.2, 0.25) is 0 Å². The van der Waals surface area contributed by atoms with Gasteiger partial charge in [-0.3, -0.25) is 0 Å². The number of anilines is 1. The van der Waals surface area contributed by atoms with Crippen LogP contribution in [0.15, 0.2) is 18.5 Å². The Hall–Kier alpha value is -1.83. The van der Waals surface area contributed by atoms with Gasteiger partial charge in [0.15, 0.2) is 11.5 Å². The van der Waals surface area contributed by atoms with E-state index < -0.39 is 11.9 Å². The maximum Gasteiger partial charge on any atom is 0.435 e. The van der Waals surface area contributed by atoms with Crippen molar-refractivity contribution in [1.29, 1.82) is 0 Å². The molecule has 0 spiro atoms. The Bertz CT molecular complexity index is 592. The molecule has 1 unspecified atom stereocenters. The van der Waals surface area contributed by atoms with E-state index in [1.165, 1.54) is 16.9 Å². The molecule has 0 aliphatic carbocycles. The van der Waals surface area contributed by atoms with Gasteiger partial charge in [-0.2, -0.15) is 18.3 Å². The van der Waals surface area contributed by atoms with Crippen molar-refractivity contribution in [3.8, 4) is 0 Å². The maximum absolute atomic E-state index is 12.7. The van der Waals surface area contributed by atoms with Gasteiger partial charge in [0.05, 0.1) is 0 Å². The molecular formula is C12H16F3N5. The Morgan fingerprint density at radius 1 is 1.45 bits per heavy atom. The first-order valence-electron chi connectivity index (χ1n) is 6.19. The first kappa shape index (κ1) is 14.6. The number of fused-ring (bicyclic) bond motifs is 1. The Morgan fingerprint density at radius 2 is 2.15 bits per heavy atom. The highest BCUT2D eigenvalue weighted by Crippen LogP contribution is 2.31. The first-order chi connectivity index (χ1) is 9.34. The number of hydrogen-bond acceptors (Lipinski definition) is 4. The average Bonchev–Trinajstić information content (AvgIpc) is 2.81. The highest BCUT2D eigenvalue weighted by atomic mass is 19.4. The third-order valence-electron chi connectivity index (χ3n) is 3.24. The molecule has 2 rings (SSSR count). The molecule has 0 aromatic carbocycles. The molecule has 0 bridgehead atoms. The molecule has 2 N–H and O–H groups in total. The van der Waals surface area contributed by atoms with Crippen LogP contribution in [0.5, 0.6) is 0 Å². The third kappa shape index (κ3) is 2.69. The van der Waals surface area contributed by atoms with Crippen LogP contribution in [0.3, 0.4) is 0 Å². The van der Waals surface area contributed by atoms with Crippen LogP contribution < -0.4 is 10.6 Å². The average molecular weight is 287 g/mol. The van der Waals surface area contributed by atoms with Crippen LogP contribution in [0.25, 0.3) is 5.52 Å². The maximum atomic E-state index is 12.7. The molecule has 0 aliphatic rings. The zero-order valence-corrected chi connectivity index (χ0v) is 11.2. The topological polar surface area (TPSA) is 59.5 Å². The monoisotopic (exact) mass is 287 g/mol. The Labute approximate surface area is 114 Å². The summed E-state index contributed by atoms with van der Waals surface area (Å²) in [6.45, 7) is 2.45. The fourth-order valence-corrected chi connectivity index (χ4v) is 1.96. The normalized spacial score (nSPS) is 13.7.